The van der Waals surface area contributed by atoms with Gasteiger partial charge in [0.15, 0.2) is 0 Å². The van der Waals surface area contributed by atoms with Crippen molar-refractivity contribution in [2.75, 3.05) is 0 Å². The molecule has 4 nitrogen and oxygen atoms in total. The molecule has 2 aromatic heterocycles. The van der Waals surface area contributed by atoms with Gasteiger partial charge in [-0.3, -0.25) is 0 Å². The van der Waals surface area contributed by atoms with Crippen LogP contribution in [0.1, 0.15) is 30.8 Å². The molecule has 1 N–H and O–H groups in total. The molecule has 20 heavy (non-hydrogen) atoms. The van der Waals surface area contributed by atoms with Crippen LogP contribution in [0.4, 0.5) is 0 Å². The molecule has 0 unspecified atom stereocenters. The van der Waals surface area contributed by atoms with Crippen LogP contribution in [0.15, 0.2) is 36.5 Å². The lowest BCUT2D eigenvalue weighted by atomic mass is 10.1. The van der Waals surface area contributed by atoms with E-state index in [-0.39, 0.29) is 12.1 Å². The number of fused-ring (bicyclic) bond motifs is 3. The normalized spacial score (nSPS) is 12.7. The Labute approximate surface area is 116 Å². The third-order valence-corrected chi connectivity index (χ3v) is 3.48. The minimum Gasteiger partial charge on any atom is -0.458 e. The second-order valence-electron chi connectivity index (χ2n) is 4.91. The lowest BCUT2D eigenvalue weighted by Crippen LogP contribution is -2.15. The van der Waals surface area contributed by atoms with Crippen molar-refractivity contribution in [1.82, 2.24) is 9.97 Å². The predicted octanol–water partition coefficient (Wildman–Crippen LogP) is 3.67. The number of hydrogen-bond donors (Lipinski definition) is 1. The topological polar surface area (TPSA) is 55.0 Å². The average Bonchev–Trinajstić information content (AvgIpc) is 2.84. The summed E-state index contributed by atoms with van der Waals surface area (Å²) in [5.41, 5.74) is 2.31. The Morgan fingerprint density at radius 3 is 2.90 bits per heavy atom. The van der Waals surface area contributed by atoms with Crippen molar-refractivity contribution >= 4 is 27.8 Å². The maximum absolute atomic E-state index is 12.0. The fraction of sp³-hybridized carbons (Fsp3) is 0.250. The van der Waals surface area contributed by atoms with Crippen molar-refractivity contribution < 1.29 is 9.53 Å². The van der Waals surface area contributed by atoms with Crippen molar-refractivity contribution in [3.8, 4) is 0 Å². The highest BCUT2D eigenvalue weighted by Crippen LogP contribution is 2.25. The summed E-state index contributed by atoms with van der Waals surface area (Å²) in [6.45, 7) is 3.86. The molecule has 0 bridgehead atoms. The summed E-state index contributed by atoms with van der Waals surface area (Å²) < 4.78 is 5.31. The number of hydrogen-bond acceptors (Lipinski definition) is 3. The highest BCUT2D eigenvalue weighted by Gasteiger charge is 2.14. The number of aromatic nitrogens is 2. The number of para-hydroxylation sites is 1. The molecule has 1 aromatic carbocycles. The fourth-order valence-corrected chi connectivity index (χ4v) is 2.19. The maximum Gasteiger partial charge on any atom is 0.357 e. The summed E-state index contributed by atoms with van der Waals surface area (Å²) in [5, 5.41) is 2.08. The molecular formula is C16H16N2O2. The summed E-state index contributed by atoms with van der Waals surface area (Å²) in [5.74, 6) is -0.369. The van der Waals surface area contributed by atoms with Crippen molar-refractivity contribution in [3.63, 3.8) is 0 Å². The van der Waals surface area contributed by atoms with Gasteiger partial charge in [0.2, 0.25) is 0 Å². The van der Waals surface area contributed by atoms with Crippen molar-refractivity contribution in [2.45, 2.75) is 26.4 Å². The zero-order valence-corrected chi connectivity index (χ0v) is 11.5. The van der Waals surface area contributed by atoms with Crippen molar-refractivity contribution in [2.24, 2.45) is 0 Å². The molecule has 102 valence electrons. The second kappa shape index (κ2) is 4.96. The zero-order chi connectivity index (χ0) is 14.1. The van der Waals surface area contributed by atoms with Gasteiger partial charge in [0.1, 0.15) is 5.69 Å². The van der Waals surface area contributed by atoms with Gasteiger partial charge in [0, 0.05) is 16.3 Å². The fourth-order valence-electron chi connectivity index (χ4n) is 2.19. The number of ether oxygens (including phenoxy) is 1. The van der Waals surface area contributed by atoms with E-state index in [1.807, 2.05) is 38.1 Å². The summed E-state index contributed by atoms with van der Waals surface area (Å²) >= 11 is 0. The van der Waals surface area contributed by atoms with Crippen LogP contribution in [0.3, 0.4) is 0 Å². The van der Waals surface area contributed by atoms with Gasteiger partial charge in [0.05, 0.1) is 17.8 Å². The number of H-pyrrole nitrogens is 1. The first kappa shape index (κ1) is 12.7. The lowest BCUT2D eigenvalue weighted by Gasteiger charge is -2.09. The summed E-state index contributed by atoms with van der Waals surface area (Å²) in [4.78, 5) is 19.5. The number of nitrogens with one attached hydrogen (secondary N) is 1. The number of rotatable bonds is 3. The molecule has 2 heterocycles. The van der Waals surface area contributed by atoms with Crippen LogP contribution in [0, 0.1) is 0 Å². The van der Waals surface area contributed by atoms with Crippen LogP contribution in [0.5, 0.6) is 0 Å². The third-order valence-electron chi connectivity index (χ3n) is 3.48. The average molecular weight is 268 g/mol. The Morgan fingerprint density at radius 1 is 1.30 bits per heavy atom. The standard InChI is InChI=1S/C16H16N2O2/c1-3-10(2)20-16(19)14-8-12-11-6-4-5-7-13(11)18-15(12)9-17-14/h4-10,18H,3H2,1-2H3/t10-/m1/s1. The Balaban J connectivity index is 2.05. The maximum atomic E-state index is 12.0. The lowest BCUT2D eigenvalue weighted by molar-refractivity contribution is 0.0328. The number of pyridine rings is 1. The monoisotopic (exact) mass is 268 g/mol. The number of carbonyl (C=O) groups excluding carboxylic acids is 1. The van der Waals surface area contributed by atoms with Crippen LogP contribution in [0.2, 0.25) is 0 Å². The van der Waals surface area contributed by atoms with Crippen LogP contribution < -0.4 is 0 Å². The zero-order valence-electron chi connectivity index (χ0n) is 11.5. The minimum absolute atomic E-state index is 0.0945. The van der Waals surface area contributed by atoms with E-state index < -0.39 is 0 Å². The molecule has 0 fully saturated rings. The molecule has 4 heteroatoms. The summed E-state index contributed by atoms with van der Waals surface area (Å²) in [6, 6.07) is 9.78. The Bertz CT molecular complexity index is 776. The first-order chi connectivity index (χ1) is 9.69. The Kier molecular flexibility index (Phi) is 3.14. The molecule has 0 aliphatic rings. The molecule has 0 saturated carbocycles. The highest BCUT2D eigenvalue weighted by molar-refractivity contribution is 6.08. The molecule has 3 rings (SSSR count). The van der Waals surface area contributed by atoms with Gasteiger partial charge >= 0.3 is 5.97 Å². The van der Waals surface area contributed by atoms with Gasteiger partial charge in [0.25, 0.3) is 0 Å². The molecule has 1 atom stereocenters. The van der Waals surface area contributed by atoms with E-state index in [9.17, 15) is 4.79 Å². The Hall–Kier alpha value is -2.36. The Morgan fingerprint density at radius 2 is 2.10 bits per heavy atom. The van der Waals surface area contributed by atoms with Crippen LogP contribution in [-0.4, -0.2) is 22.0 Å². The van der Waals surface area contributed by atoms with Crippen molar-refractivity contribution in [1.29, 1.82) is 0 Å². The van der Waals surface area contributed by atoms with E-state index in [1.165, 1.54) is 0 Å². The number of nitrogens with zero attached hydrogens (tertiary/aromatic N) is 1. The van der Waals surface area contributed by atoms with E-state index >= 15 is 0 Å². The molecule has 0 aliphatic carbocycles. The molecule has 0 aliphatic heterocycles. The molecule has 0 saturated heterocycles. The van der Waals surface area contributed by atoms with Gasteiger partial charge < -0.3 is 9.72 Å². The van der Waals surface area contributed by atoms with Gasteiger partial charge in [-0.25, -0.2) is 9.78 Å². The van der Waals surface area contributed by atoms with E-state index in [4.69, 9.17) is 4.74 Å². The number of carbonyl (C=O) groups is 1. The summed E-state index contributed by atoms with van der Waals surface area (Å²) in [7, 11) is 0. The first-order valence-electron chi connectivity index (χ1n) is 6.76. The minimum atomic E-state index is -0.369. The SMILES string of the molecule is CC[C@@H](C)OC(=O)c1cc2c(cn1)[nH]c1ccccc12. The van der Waals surface area contributed by atoms with Crippen LogP contribution >= 0.6 is 0 Å². The van der Waals surface area contributed by atoms with E-state index in [0.717, 1.165) is 28.2 Å². The van der Waals surface area contributed by atoms with E-state index in [2.05, 4.69) is 9.97 Å². The largest absolute Gasteiger partial charge is 0.458 e. The molecule has 3 aromatic rings. The van der Waals surface area contributed by atoms with Crippen LogP contribution in [0.25, 0.3) is 21.8 Å². The van der Waals surface area contributed by atoms with Gasteiger partial charge in [-0.05, 0) is 25.5 Å². The number of aromatic amines is 1. The second-order valence-corrected chi connectivity index (χ2v) is 4.91. The van der Waals surface area contributed by atoms with Crippen LogP contribution in [-0.2, 0) is 4.74 Å². The van der Waals surface area contributed by atoms with Gasteiger partial charge in [-0.2, -0.15) is 0 Å². The quantitative estimate of drug-likeness (QED) is 0.737. The molecule has 0 amide bonds. The number of benzene rings is 1. The predicted molar refractivity (Wildman–Crippen MR) is 78.8 cm³/mol. The first-order valence-corrected chi connectivity index (χ1v) is 6.76. The molecule has 0 spiro atoms. The third kappa shape index (κ3) is 2.13. The molecular weight excluding hydrogens is 252 g/mol. The van der Waals surface area contributed by atoms with Gasteiger partial charge in [-0.1, -0.05) is 25.1 Å². The van der Waals surface area contributed by atoms with Gasteiger partial charge in [-0.15, -0.1) is 0 Å². The van der Waals surface area contributed by atoms with E-state index in [1.54, 1.807) is 12.3 Å². The number of esters is 1. The molecule has 0 radical (unpaired) electrons. The highest BCUT2D eigenvalue weighted by atomic mass is 16.5. The van der Waals surface area contributed by atoms with Crippen molar-refractivity contribution in [3.05, 3.63) is 42.2 Å². The van der Waals surface area contributed by atoms with E-state index in [0.29, 0.717) is 5.69 Å². The summed E-state index contributed by atoms with van der Waals surface area (Å²) in [6.07, 6.45) is 2.38. The smallest absolute Gasteiger partial charge is 0.357 e.